The van der Waals surface area contributed by atoms with E-state index in [0.29, 0.717) is 19.5 Å². The fourth-order valence-corrected chi connectivity index (χ4v) is 5.47. The number of phenols is 1. The fraction of sp³-hybridized carbons (Fsp3) is 0.385. The summed E-state index contributed by atoms with van der Waals surface area (Å²) >= 11 is 0. The molecule has 3 N–H and O–H groups in total. The van der Waals surface area contributed by atoms with Crippen molar-refractivity contribution < 1.29 is 19.4 Å². The summed E-state index contributed by atoms with van der Waals surface area (Å²) in [7, 11) is 1.63. The van der Waals surface area contributed by atoms with E-state index in [1.807, 2.05) is 38.1 Å². The molecule has 2 aliphatic rings. The molecular formula is C26H30N4O4. The Hall–Kier alpha value is -3.52. The zero-order valence-electron chi connectivity index (χ0n) is 19.7. The number of rotatable bonds is 6. The predicted octanol–water partition coefficient (Wildman–Crippen LogP) is 2.57. The van der Waals surface area contributed by atoms with Crippen LogP contribution in [0.4, 0.5) is 0 Å². The number of ether oxygens (including phenoxy) is 1. The van der Waals surface area contributed by atoms with Gasteiger partial charge in [-0.2, -0.15) is 0 Å². The smallest absolute Gasteiger partial charge is 0.249 e. The summed E-state index contributed by atoms with van der Waals surface area (Å²) in [6.45, 7) is 5.84. The van der Waals surface area contributed by atoms with E-state index in [1.54, 1.807) is 35.1 Å². The first-order valence-electron chi connectivity index (χ1n) is 11.7. The molecule has 3 heterocycles. The van der Waals surface area contributed by atoms with Crippen LogP contribution in [0.5, 0.6) is 11.5 Å². The molecule has 1 saturated heterocycles. The number of carbonyl (C=O) groups excluding carboxylic acids is 2. The second-order valence-corrected chi connectivity index (χ2v) is 9.22. The van der Waals surface area contributed by atoms with Crippen molar-refractivity contribution in [3.63, 3.8) is 0 Å². The van der Waals surface area contributed by atoms with Gasteiger partial charge in [0, 0.05) is 36.1 Å². The number of aromatic hydroxyl groups is 1. The molecule has 8 nitrogen and oxygen atoms in total. The lowest BCUT2D eigenvalue weighted by Crippen LogP contribution is -2.70. The number of likely N-dealkylation sites (N-methyl/N-ethyl adjacent to an activating group) is 1. The zero-order valence-corrected chi connectivity index (χ0v) is 19.7. The second kappa shape index (κ2) is 8.36. The summed E-state index contributed by atoms with van der Waals surface area (Å²) in [5.41, 5.74) is 2.49. The summed E-state index contributed by atoms with van der Waals surface area (Å²) in [6, 6.07) is 12.2. The van der Waals surface area contributed by atoms with E-state index in [-0.39, 0.29) is 24.1 Å². The number of amides is 2. The molecule has 0 saturated carbocycles. The van der Waals surface area contributed by atoms with Crippen LogP contribution < -0.4 is 10.1 Å². The van der Waals surface area contributed by atoms with Gasteiger partial charge in [0.2, 0.25) is 11.8 Å². The summed E-state index contributed by atoms with van der Waals surface area (Å²) < 4.78 is 5.46. The van der Waals surface area contributed by atoms with Crippen molar-refractivity contribution in [1.29, 1.82) is 0 Å². The number of benzene rings is 2. The van der Waals surface area contributed by atoms with Gasteiger partial charge in [0.15, 0.2) is 0 Å². The van der Waals surface area contributed by atoms with Crippen LogP contribution in [0.25, 0.3) is 10.9 Å². The van der Waals surface area contributed by atoms with Crippen LogP contribution in [0.1, 0.15) is 36.7 Å². The van der Waals surface area contributed by atoms with Gasteiger partial charge in [0.05, 0.1) is 19.7 Å². The molecule has 2 atom stereocenters. The molecule has 0 bridgehead atoms. The van der Waals surface area contributed by atoms with E-state index >= 15 is 0 Å². The first-order chi connectivity index (χ1) is 16.4. The highest BCUT2D eigenvalue weighted by Crippen LogP contribution is 2.47. The van der Waals surface area contributed by atoms with Gasteiger partial charge in [-0.15, -0.1) is 0 Å². The van der Waals surface area contributed by atoms with Crippen molar-refractivity contribution in [3.8, 4) is 11.5 Å². The molecule has 0 unspecified atom stereocenters. The van der Waals surface area contributed by atoms with Crippen LogP contribution in [0, 0.1) is 0 Å². The van der Waals surface area contributed by atoms with E-state index in [0.717, 1.165) is 40.0 Å². The lowest BCUT2D eigenvalue weighted by atomic mass is 9.78. The Morgan fingerprint density at radius 2 is 2.06 bits per heavy atom. The van der Waals surface area contributed by atoms with Crippen molar-refractivity contribution >= 4 is 22.7 Å². The lowest BCUT2D eigenvalue weighted by Gasteiger charge is -2.53. The topological polar surface area (TPSA) is 97.9 Å². The molecule has 1 fully saturated rings. The minimum absolute atomic E-state index is 0.0402. The molecule has 3 aromatic rings. The molecule has 0 aliphatic carbocycles. The van der Waals surface area contributed by atoms with Gasteiger partial charge in [-0.25, -0.2) is 0 Å². The number of methoxy groups -OCH3 is 1. The maximum atomic E-state index is 13.9. The van der Waals surface area contributed by atoms with E-state index in [9.17, 15) is 14.7 Å². The molecule has 0 spiro atoms. The number of aromatic amines is 1. The second-order valence-electron chi connectivity index (χ2n) is 9.22. The number of hydrogen-bond acceptors (Lipinski definition) is 5. The quantitative estimate of drug-likeness (QED) is 0.489. The molecule has 8 heteroatoms. The standard InChI is InChI=1S/C26H30N4O4/c1-4-27-10-11-29-15-22(32)30-24(16-6-5-7-17(31)12-16)23-20(14-26(30,2)25(29)33)19-13-18(34-3)8-9-21(19)28-23/h5-9,12-13,24,27-28,31H,4,10-11,14-15H2,1-3H3/t24-,26+/m1/s1. The van der Waals surface area contributed by atoms with E-state index in [1.165, 1.54) is 0 Å². The predicted molar refractivity (Wildman–Crippen MR) is 129 cm³/mol. The Balaban J connectivity index is 1.69. The normalized spacial score (nSPS) is 22.1. The summed E-state index contributed by atoms with van der Waals surface area (Å²) in [5.74, 6) is 0.688. The number of hydrogen-bond donors (Lipinski definition) is 3. The highest BCUT2D eigenvalue weighted by Gasteiger charge is 2.55. The highest BCUT2D eigenvalue weighted by atomic mass is 16.5. The Morgan fingerprint density at radius 1 is 1.24 bits per heavy atom. The maximum Gasteiger partial charge on any atom is 0.249 e. The first kappa shape index (κ1) is 22.3. The minimum atomic E-state index is -1.05. The SMILES string of the molecule is CCNCCN1CC(=O)N2[C@H](c3cccc(O)c3)c3[nH]c4ccc(OC)cc4c3C[C@@]2(C)C1=O. The molecule has 2 aromatic carbocycles. The number of carbonyl (C=O) groups is 2. The van der Waals surface area contributed by atoms with Crippen molar-refractivity contribution in [2.45, 2.75) is 31.8 Å². The Bertz CT molecular complexity index is 1270. The van der Waals surface area contributed by atoms with Gasteiger partial charge >= 0.3 is 0 Å². The van der Waals surface area contributed by atoms with Gasteiger partial charge in [0.1, 0.15) is 17.0 Å². The molecule has 0 radical (unpaired) electrons. The summed E-state index contributed by atoms with van der Waals surface area (Å²) in [4.78, 5) is 34.4. The van der Waals surface area contributed by atoms with E-state index < -0.39 is 11.6 Å². The number of fused-ring (bicyclic) bond motifs is 4. The minimum Gasteiger partial charge on any atom is -0.508 e. The van der Waals surface area contributed by atoms with E-state index in [4.69, 9.17) is 4.74 Å². The van der Waals surface area contributed by atoms with Crippen molar-refractivity contribution in [3.05, 3.63) is 59.3 Å². The number of aromatic nitrogens is 1. The Labute approximate surface area is 198 Å². The summed E-state index contributed by atoms with van der Waals surface area (Å²) in [5, 5.41) is 14.4. The number of nitrogens with zero attached hydrogens (tertiary/aromatic N) is 2. The van der Waals surface area contributed by atoms with Crippen LogP contribution in [0.15, 0.2) is 42.5 Å². The molecule has 5 rings (SSSR count). The van der Waals surface area contributed by atoms with Gasteiger partial charge in [-0.05, 0) is 54.9 Å². The lowest BCUT2D eigenvalue weighted by molar-refractivity contribution is -0.167. The summed E-state index contributed by atoms with van der Waals surface area (Å²) in [6.07, 6.45) is 0.396. The first-order valence-corrected chi connectivity index (χ1v) is 11.7. The van der Waals surface area contributed by atoms with Gasteiger partial charge in [-0.1, -0.05) is 19.1 Å². The fourth-order valence-electron chi connectivity index (χ4n) is 5.47. The van der Waals surface area contributed by atoms with Crippen LogP contribution >= 0.6 is 0 Å². The molecular weight excluding hydrogens is 432 g/mol. The Morgan fingerprint density at radius 3 is 2.79 bits per heavy atom. The van der Waals surface area contributed by atoms with Crippen molar-refractivity contribution in [2.24, 2.45) is 0 Å². The number of H-pyrrole nitrogens is 1. The average molecular weight is 463 g/mol. The molecule has 2 amide bonds. The van der Waals surface area contributed by atoms with E-state index in [2.05, 4.69) is 10.3 Å². The van der Waals surface area contributed by atoms with Gasteiger partial charge in [-0.3, -0.25) is 9.59 Å². The van der Waals surface area contributed by atoms with Crippen LogP contribution in [-0.2, 0) is 16.0 Å². The number of piperazine rings is 1. The van der Waals surface area contributed by atoms with Crippen LogP contribution in [-0.4, -0.2) is 70.5 Å². The number of nitrogens with one attached hydrogen (secondary N) is 2. The molecule has 2 aliphatic heterocycles. The molecule has 178 valence electrons. The van der Waals surface area contributed by atoms with Crippen molar-refractivity contribution in [1.82, 2.24) is 20.1 Å². The molecule has 1 aromatic heterocycles. The van der Waals surface area contributed by atoms with Crippen LogP contribution in [0.3, 0.4) is 0 Å². The third-order valence-electron chi connectivity index (χ3n) is 7.07. The number of phenolic OH excluding ortho intramolecular Hbond substituents is 1. The third kappa shape index (κ3) is 3.40. The van der Waals surface area contributed by atoms with Gasteiger partial charge < -0.3 is 29.9 Å². The van der Waals surface area contributed by atoms with Gasteiger partial charge in [0.25, 0.3) is 0 Å². The monoisotopic (exact) mass is 462 g/mol. The average Bonchev–Trinajstić information content (AvgIpc) is 3.18. The highest BCUT2D eigenvalue weighted by molar-refractivity contribution is 6.00. The third-order valence-corrected chi connectivity index (χ3v) is 7.07. The largest absolute Gasteiger partial charge is 0.508 e. The van der Waals surface area contributed by atoms with Crippen molar-refractivity contribution in [2.75, 3.05) is 33.3 Å². The maximum absolute atomic E-state index is 13.9. The molecule has 34 heavy (non-hydrogen) atoms. The van der Waals surface area contributed by atoms with Crippen LogP contribution in [0.2, 0.25) is 0 Å². The Kier molecular flexibility index (Phi) is 5.48. The zero-order chi connectivity index (χ0) is 24.0.